The first-order valence-electron chi connectivity index (χ1n) is 8.19. The number of morpholine rings is 1. The molecule has 0 radical (unpaired) electrons. The second kappa shape index (κ2) is 7.11. The monoisotopic (exact) mass is 303 g/mol. The molecule has 5 nitrogen and oxygen atoms in total. The first-order chi connectivity index (χ1) is 10.8. The lowest BCUT2D eigenvalue weighted by molar-refractivity contribution is -0.125. The minimum atomic E-state index is -0.0180. The van der Waals surface area contributed by atoms with Gasteiger partial charge in [-0.1, -0.05) is 24.6 Å². The lowest BCUT2D eigenvalue weighted by Crippen LogP contribution is -2.39. The van der Waals surface area contributed by atoms with Crippen molar-refractivity contribution >= 4 is 11.6 Å². The van der Waals surface area contributed by atoms with Gasteiger partial charge in [-0.05, 0) is 24.5 Å². The van der Waals surface area contributed by atoms with Gasteiger partial charge in [0.1, 0.15) is 0 Å². The number of hydrogen-bond donors (Lipinski definition) is 2. The van der Waals surface area contributed by atoms with Crippen LogP contribution in [0.25, 0.3) is 0 Å². The highest BCUT2D eigenvalue weighted by Crippen LogP contribution is 2.25. The summed E-state index contributed by atoms with van der Waals surface area (Å²) in [4.78, 5) is 14.6. The molecule has 1 aromatic carbocycles. The zero-order chi connectivity index (χ0) is 15.4. The Labute approximate surface area is 131 Å². The molecule has 22 heavy (non-hydrogen) atoms. The summed E-state index contributed by atoms with van der Waals surface area (Å²) in [5.41, 5.74) is 8.37. The minimum absolute atomic E-state index is 0.0180. The summed E-state index contributed by atoms with van der Waals surface area (Å²) in [6.07, 6.45) is 2.93. The lowest BCUT2D eigenvalue weighted by Gasteiger charge is -2.30. The van der Waals surface area contributed by atoms with Crippen molar-refractivity contribution in [3.63, 3.8) is 0 Å². The first-order valence-corrected chi connectivity index (χ1v) is 8.19. The number of nitrogens with zero attached hydrogens (tertiary/aromatic N) is 1. The fourth-order valence-corrected chi connectivity index (χ4v) is 3.40. The van der Waals surface area contributed by atoms with Gasteiger partial charge in [-0.3, -0.25) is 4.79 Å². The molecule has 3 rings (SSSR count). The molecule has 1 aliphatic heterocycles. The van der Waals surface area contributed by atoms with Gasteiger partial charge in [0, 0.05) is 31.4 Å². The summed E-state index contributed by atoms with van der Waals surface area (Å²) in [5, 5.41) is 3.07. The van der Waals surface area contributed by atoms with Crippen LogP contribution in [0.2, 0.25) is 0 Å². The van der Waals surface area contributed by atoms with Crippen LogP contribution in [0.1, 0.15) is 24.8 Å². The number of benzene rings is 1. The molecular weight excluding hydrogens is 278 g/mol. The largest absolute Gasteiger partial charge is 0.378 e. The molecule has 0 bridgehead atoms. The molecular formula is C17H25N3O2. The van der Waals surface area contributed by atoms with Gasteiger partial charge in [0.25, 0.3) is 0 Å². The summed E-state index contributed by atoms with van der Waals surface area (Å²) in [5.74, 6) is 0.0809. The highest BCUT2D eigenvalue weighted by Gasteiger charge is 2.30. The van der Waals surface area contributed by atoms with Gasteiger partial charge in [-0.25, -0.2) is 0 Å². The van der Waals surface area contributed by atoms with E-state index < -0.39 is 0 Å². The molecule has 1 aliphatic carbocycles. The maximum absolute atomic E-state index is 12.3. The molecule has 2 atom stereocenters. The van der Waals surface area contributed by atoms with E-state index in [9.17, 15) is 4.79 Å². The van der Waals surface area contributed by atoms with E-state index in [4.69, 9.17) is 10.5 Å². The second-order valence-corrected chi connectivity index (χ2v) is 6.15. The predicted octanol–water partition coefficient (Wildman–Crippen LogP) is 1.27. The van der Waals surface area contributed by atoms with Crippen LogP contribution in [0, 0.1) is 5.92 Å². The number of carbonyl (C=O) groups is 1. The van der Waals surface area contributed by atoms with Crippen molar-refractivity contribution in [2.45, 2.75) is 31.8 Å². The van der Waals surface area contributed by atoms with E-state index in [1.54, 1.807) is 0 Å². The Kier molecular flexibility index (Phi) is 4.95. The number of carbonyl (C=O) groups excluding carboxylic acids is 1. The molecule has 0 aromatic heterocycles. The van der Waals surface area contributed by atoms with Crippen LogP contribution < -0.4 is 16.0 Å². The van der Waals surface area contributed by atoms with E-state index in [1.807, 2.05) is 12.1 Å². The van der Waals surface area contributed by atoms with Gasteiger partial charge in [0.2, 0.25) is 5.91 Å². The van der Waals surface area contributed by atoms with Crippen molar-refractivity contribution in [2.24, 2.45) is 11.7 Å². The van der Waals surface area contributed by atoms with Crippen molar-refractivity contribution in [2.75, 3.05) is 31.2 Å². The number of nitrogens with two attached hydrogens (primary N) is 1. The van der Waals surface area contributed by atoms with Crippen LogP contribution in [-0.2, 0) is 16.1 Å². The van der Waals surface area contributed by atoms with Crippen LogP contribution in [0.3, 0.4) is 0 Å². The summed E-state index contributed by atoms with van der Waals surface area (Å²) in [6.45, 7) is 3.89. The van der Waals surface area contributed by atoms with Gasteiger partial charge < -0.3 is 20.7 Å². The van der Waals surface area contributed by atoms with Gasteiger partial charge in [0.05, 0.1) is 19.1 Å². The molecule has 1 aromatic rings. The Morgan fingerprint density at radius 2 is 2.05 bits per heavy atom. The summed E-state index contributed by atoms with van der Waals surface area (Å²) in [7, 11) is 0. The van der Waals surface area contributed by atoms with E-state index in [-0.39, 0.29) is 17.9 Å². The average Bonchev–Trinajstić information content (AvgIpc) is 3.00. The zero-order valence-corrected chi connectivity index (χ0v) is 13.0. The number of rotatable bonds is 4. The van der Waals surface area contributed by atoms with Crippen LogP contribution >= 0.6 is 0 Å². The third kappa shape index (κ3) is 3.42. The third-order valence-corrected chi connectivity index (χ3v) is 4.70. The summed E-state index contributed by atoms with van der Waals surface area (Å²) < 4.78 is 5.41. The normalized spacial score (nSPS) is 25.2. The zero-order valence-electron chi connectivity index (χ0n) is 13.0. The minimum Gasteiger partial charge on any atom is -0.378 e. The number of anilines is 1. The molecule has 1 amide bonds. The van der Waals surface area contributed by atoms with Crippen LogP contribution in [0.5, 0.6) is 0 Å². The quantitative estimate of drug-likeness (QED) is 0.879. The van der Waals surface area contributed by atoms with Gasteiger partial charge >= 0.3 is 0 Å². The van der Waals surface area contributed by atoms with E-state index in [0.29, 0.717) is 6.54 Å². The smallest absolute Gasteiger partial charge is 0.224 e. The van der Waals surface area contributed by atoms with E-state index in [1.165, 1.54) is 5.69 Å². The van der Waals surface area contributed by atoms with Crippen molar-refractivity contribution in [3.05, 3.63) is 29.8 Å². The van der Waals surface area contributed by atoms with Crippen LogP contribution in [0.15, 0.2) is 24.3 Å². The maximum atomic E-state index is 12.3. The highest BCUT2D eigenvalue weighted by atomic mass is 16.5. The number of amides is 1. The topological polar surface area (TPSA) is 67.6 Å². The average molecular weight is 303 g/mol. The van der Waals surface area contributed by atoms with Crippen LogP contribution in [0.4, 0.5) is 5.69 Å². The third-order valence-electron chi connectivity index (χ3n) is 4.70. The standard InChI is InChI=1S/C17H25N3O2/c18-15-6-3-5-14(15)17(21)19-12-13-4-1-2-7-16(13)20-8-10-22-11-9-20/h1-2,4,7,14-15H,3,5-6,8-12,18H2,(H,19,21)/t14-,15-/m0/s1. The molecule has 0 unspecified atom stereocenters. The van der Waals surface area contributed by atoms with E-state index in [0.717, 1.165) is 51.1 Å². The molecule has 2 fully saturated rings. The highest BCUT2D eigenvalue weighted by molar-refractivity contribution is 5.79. The predicted molar refractivity (Wildman–Crippen MR) is 86.6 cm³/mol. The maximum Gasteiger partial charge on any atom is 0.224 e. The number of nitrogens with one attached hydrogen (secondary N) is 1. The first kappa shape index (κ1) is 15.3. The SMILES string of the molecule is N[C@H]1CCC[C@@H]1C(=O)NCc1ccccc1N1CCOCC1. The van der Waals surface area contributed by atoms with Gasteiger partial charge in [-0.15, -0.1) is 0 Å². The second-order valence-electron chi connectivity index (χ2n) is 6.15. The fourth-order valence-electron chi connectivity index (χ4n) is 3.40. The molecule has 2 aliphatic rings. The number of hydrogen-bond acceptors (Lipinski definition) is 4. The van der Waals surface area contributed by atoms with Gasteiger partial charge in [-0.2, -0.15) is 0 Å². The lowest BCUT2D eigenvalue weighted by atomic mass is 10.0. The molecule has 1 saturated carbocycles. The van der Waals surface area contributed by atoms with E-state index in [2.05, 4.69) is 22.3 Å². The van der Waals surface area contributed by atoms with Crippen molar-refractivity contribution in [1.82, 2.24) is 5.32 Å². The molecule has 120 valence electrons. The van der Waals surface area contributed by atoms with Crippen molar-refractivity contribution in [1.29, 1.82) is 0 Å². The van der Waals surface area contributed by atoms with E-state index >= 15 is 0 Å². The Morgan fingerprint density at radius 1 is 1.27 bits per heavy atom. The Bertz CT molecular complexity index is 514. The summed E-state index contributed by atoms with van der Waals surface area (Å²) >= 11 is 0. The molecule has 0 spiro atoms. The molecule has 3 N–H and O–H groups in total. The molecule has 5 heteroatoms. The fraction of sp³-hybridized carbons (Fsp3) is 0.588. The number of para-hydroxylation sites is 1. The Hall–Kier alpha value is -1.59. The Morgan fingerprint density at radius 3 is 2.77 bits per heavy atom. The Balaban J connectivity index is 1.63. The van der Waals surface area contributed by atoms with Gasteiger partial charge in [0.15, 0.2) is 0 Å². The molecule has 1 saturated heterocycles. The van der Waals surface area contributed by atoms with Crippen molar-refractivity contribution < 1.29 is 9.53 Å². The molecule has 1 heterocycles. The summed E-state index contributed by atoms with van der Waals surface area (Å²) in [6, 6.07) is 8.29. The van der Waals surface area contributed by atoms with Crippen LogP contribution in [-0.4, -0.2) is 38.3 Å². The van der Waals surface area contributed by atoms with Crippen molar-refractivity contribution in [3.8, 4) is 0 Å². The number of ether oxygens (including phenoxy) is 1.